The number of carbonyl (C=O) groups excluding carboxylic acids is 1. The SMILES string of the molecule is Cc1noc(NC(=O)CSc2nc3ccc(Br)cc3c(=O)n2CC(C)C)n1. The van der Waals surface area contributed by atoms with Gasteiger partial charge in [0.25, 0.3) is 5.56 Å². The van der Waals surface area contributed by atoms with Gasteiger partial charge in [-0.1, -0.05) is 46.7 Å². The number of thioether (sulfide) groups is 1. The number of aryl methyl sites for hydroxylation is 1. The van der Waals surface area contributed by atoms with Gasteiger partial charge in [0.05, 0.1) is 16.7 Å². The summed E-state index contributed by atoms with van der Waals surface area (Å²) in [6.07, 6.45) is 0. The minimum absolute atomic E-state index is 0.0500. The number of aromatic nitrogens is 4. The van der Waals surface area contributed by atoms with E-state index in [-0.39, 0.29) is 29.2 Å². The summed E-state index contributed by atoms with van der Waals surface area (Å²) in [5, 5.41) is 7.19. The summed E-state index contributed by atoms with van der Waals surface area (Å²) in [6.45, 7) is 6.23. The quantitative estimate of drug-likeness (QED) is 0.453. The molecule has 0 spiro atoms. The summed E-state index contributed by atoms with van der Waals surface area (Å²) in [7, 11) is 0. The summed E-state index contributed by atoms with van der Waals surface area (Å²) in [4.78, 5) is 33.6. The highest BCUT2D eigenvalue weighted by Gasteiger charge is 2.15. The van der Waals surface area contributed by atoms with Gasteiger partial charge in [-0.15, -0.1) is 0 Å². The van der Waals surface area contributed by atoms with E-state index in [0.717, 1.165) is 4.47 Å². The Hall–Kier alpha value is -2.20. The Morgan fingerprint density at radius 1 is 1.37 bits per heavy atom. The van der Waals surface area contributed by atoms with Crippen molar-refractivity contribution in [1.82, 2.24) is 19.7 Å². The van der Waals surface area contributed by atoms with Crippen molar-refractivity contribution in [2.45, 2.75) is 32.5 Å². The number of anilines is 1. The van der Waals surface area contributed by atoms with Crippen molar-refractivity contribution in [2.24, 2.45) is 5.92 Å². The molecular formula is C17H18BrN5O3S. The molecular weight excluding hydrogens is 434 g/mol. The zero-order chi connectivity index (χ0) is 19.6. The van der Waals surface area contributed by atoms with Crippen molar-refractivity contribution in [3.8, 4) is 0 Å². The predicted octanol–water partition coefficient (Wildman–Crippen LogP) is 3.24. The van der Waals surface area contributed by atoms with Crippen molar-refractivity contribution in [1.29, 1.82) is 0 Å². The molecule has 10 heteroatoms. The first-order chi connectivity index (χ1) is 12.8. The third-order valence-corrected chi connectivity index (χ3v) is 5.00. The van der Waals surface area contributed by atoms with Crippen LogP contribution in [-0.4, -0.2) is 31.4 Å². The number of halogens is 1. The molecule has 2 heterocycles. The van der Waals surface area contributed by atoms with Gasteiger partial charge in [0.15, 0.2) is 11.0 Å². The molecule has 1 amide bonds. The van der Waals surface area contributed by atoms with E-state index in [4.69, 9.17) is 4.52 Å². The number of benzene rings is 1. The molecule has 3 aromatic rings. The van der Waals surface area contributed by atoms with E-state index in [1.165, 1.54) is 11.8 Å². The molecule has 8 nitrogen and oxygen atoms in total. The van der Waals surface area contributed by atoms with Gasteiger partial charge in [0.1, 0.15) is 0 Å². The molecule has 0 bridgehead atoms. The molecule has 0 saturated carbocycles. The minimum atomic E-state index is -0.315. The van der Waals surface area contributed by atoms with E-state index in [1.807, 2.05) is 19.9 Å². The Kier molecular flexibility index (Phi) is 5.95. The predicted molar refractivity (Wildman–Crippen MR) is 107 cm³/mol. The van der Waals surface area contributed by atoms with Gasteiger partial charge < -0.3 is 4.52 Å². The number of hydrogen-bond acceptors (Lipinski definition) is 7. The summed E-state index contributed by atoms with van der Waals surface area (Å²) in [5.41, 5.74) is 0.476. The molecule has 2 aromatic heterocycles. The highest BCUT2D eigenvalue weighted by molar-refractivity contribution is 9.10. The number of rotatable bonds is 6. The number of carbonyl (C=O) groups is 1. The van der Waals surface area contributed by atoms with Crippen molar-refractivity contribution < 1.29 is 9.32 Å². The second kappa shape index (κ2) is 8.22. The first-order valence-corrected chi connectivity index (χ1v) is 10.0. The lowest BCUT2D eigenvalue weighted by Crippen LogP contribution is -2.26. The number of amides is 1. The van der Waals surface area contributed by atoms with E-state index >= 15 is 0 Å². The molecule has 0 unspecified atom stereocenters. The van der Waals surface area contributed by atoms with Gasteiger partial charge in [-0.2, -0.15) is 4.98 Å². The summed E-state index contributed by atoms with van der Waals surface area (Å²) >= 11 is 4.58. The highest BCUT2D eigenvalue weighted by atomic mass is 79.9. The van der Waals surface area contributed by atoms with Gasteiger partial charge in [0, 0.05) is 11.0 Å². The van der Waals surface area contributed by atoms with Gasteiger partial charge in [-0.25, -0.2) is 4.98 Å². The molecule has 0 atom stereocenters. The molecule has 0 radical (unpaired) electrons. The average molecular weight is 452 g/mol. The maximum Gasteiger partial charge on any atom is 0.328 e. The molecule has 142 valence electrons. The molecule has 3 rings (SSSR count). The van der Waals surface area contributed by atoms with Crippen LogP contribution in [0.5, 0.6) is 0 Å². The van der Waals surface area contributed by atoms with E-state index in [0.29, 0.717) is 28.4 Å². The van der Waals surface area contributed by atoms with Gasteiger partial charge in [-0.05, 0) is 31.0 Å². The fraction of sp³-hybridized carbons (Fsp3) is 0.353. The normalized spacial score (nSPS) is 11.3. The second-order valence-electron chi connectivity index (χ2n) is 6.35. The lowest BCUT2D eigenvalue weighted by atomic mass is 10.2. The maximum absolute atomic E-state index is 12.9. The molecule has 0 aliphatic heterocycles. The Bertz CT molecular complexity index is 1050. The molecule has 27 heavy (non-hydrogen) atoms. The lowest BCUT2D eigenvalue weighted by molar-refractivity contribution is -0.114. The van der Waals surface area contributed by atoms with Gasteiger partial charge in [0.2, 0.25) is 5.91 Å². The van der Waals surface area contributed by atoms with Crippen LogP contribution in [0, 0.1) is 12.8 Å². The van der Waals surface area contributed by atoms with Crippen molar-refractivity contribution in [3.63, 3.8) is 0 Å². The monoisotopic (exact) mass is 451 g/mol. The average Bonchev–Trinajstić information content (AvgIpc) is 3.01. The number of nitrogens with zero attached hydrogens (tertiary/aromatic N) is 4. The zero-order valence-corrected chi connectivity index (χ0v) is 17.4. The third-order valence-electron chi connectivity index (χ3n) is 3.54. The van der Waals surface area contributed by atoms with Crippen LogP contribution in [0.3, 0.4) is 0 Å². The second-order valence-corrected chi connectivity index (χ2v) is 8.21. The largest absolute Gasteiger partial charge is 0.328 e. The minimum Gasteiger partial charge on any atom is -0.315 e. The van der Waals surface area contributed by atoms with Crippen LogP contribution < -0.4 is 10.9 Å². The number of nitrogens with one attached hydrogen (secondary N) is 1. The van der Waals surface area contributed by atoms with Crippen molar-refractivity contribution in [2.75, 3.05) is 11.1 Å². The fourth-order valence-electron chi connectivity index (χ4n) is 2.44. The first-order valence-electron chi connectivity index (χ1n) is 8.26. The Morgan fingerprint density at radius 2 is 2.15 bits per heavy atom. The van der Waals surface area contributed by atoms with E-state index in [2.05, 4.69) is 36.4 Å². The van der Waals surface area contributed by atoms with E-state index in [9.17, 15) is 9.59 Å². The molecule has 0 fully saturated rings. The summed E-state index contributed by atoms with van der Waals surface area (Å²) in [6, 6.07) is 5.43. The fourth-order valence-corrected chi connectivity index (χ4v) is 3.61. The zero-order valence-electron chi connectivity index (χ0n) is 15.0. The van der Waals surface area contributed by atoms with Crippen LogP contribution in [0.1, 0.15) is 19.7 Å². The number of fused-ring (bicyclic) bond motifs is 1. The molecule has 0 aliphatic rings. The third kappa shape index (κ3) is 4.75. The number of hydrogen-bond donors (Lipinski definition) is 1. The molecule has 1 N–H and O–H groups in total. The van der Waals surface area contributed by atoms with Crippen LogP contribution in [0.15, 0.2) is 37.1 Å². The van der Waals surface area contributed by atoms with Crippen LogP contribution in [0.2, 0.25) is 0 Å². The maximum atomic E-state index is 12.9. The highest BCUT2D eigenvalue weighted by Crippen LogP contribution is 2.21. The standard InChI is InChI=1S/C17H18BrN5O3S/c1-9(2)7-23-15(25)12-6-11(18)4-5-13(12)20-17(23)27-8-14(24)21-16-19-10(3)22-26-16/h4-6,9H,7-8H2,1-3H3,(H,19,21,22,24). The summed E-state index contributed by atoms with van der Waals surface area (Å²) < 4.78 is 7.31. The van der Waals surface area contributed by atoms with Crippen LogP contribution >= 0.6 is 27.7 Å². The van der Waals surface area contributed by atoms with Crippen molar-refractivity contribution >= 4 is 50.5 Å². The molecule has 0 saturated heterocycles. The lowest BCUT2D eigenvalue weighted by Gasteiger charge is -2.14. The Morgan fingerprint density at radius 3 is 2.81 bits per heavy atom. The van der Waals surface area contributed by atoms with E-state index < -0.39 is 0 Å². The molecule has 1 aromatic carbocycles. The van der Waals surface area contributed by atoms with E-state index in [1.54, 1.807) is 23.6 Å². The van der Waals surface area contributed by atoms with Crippen LogP contribution in [-0.2, 0) is 11.3 Å². The van der Waals surface area contributed by atoms with Gasteiger partial charge in [-0.3, -0.25) is 19.5 Å². The van der Waals surface area contributed by atoms with Crippen LogP contribution in [0.4, 0.5) is 6.01 Å². The summed E-state index contributed by atoms with van der Waals surface area (Å²) in [5.74, 6) is 0.438. The van der Waals surface area contributed by atoms with Crippen molar-refractivity contribution in [3.05, 3.63) is 38.9 Å². The Labute approximate surface area is 167 Å². The topological polar surface area (TPSA) is 103 Å². The van der Waals surface area contributed by atoms with Gasteiger partial charge >= 0.3 is 6.01 Å². The first kappa shape index (κ1) is 19.6. The molecule has 0 aliphatic carbocycles. The van der Waals surface area contributed by atoms with Crippen LogP contribution in [0.25, 0.3) is 10.9 Å². The smallest absolute Gasteiger partial charge is 0.315 e. The Balaban J connectivity index is 1.86.